The number of aromatic nitrogens is 1. The van der Waals surface area contributed by atoms with Crippen LogP contribution >= 0.6 is 0 Å². The Bertz CT molecular complexity index is 394. The Kier molecular flexibility index (Phi) is 3.47. The first-order valence-electron chi connectivity index (χ1n) is 6.06. The summed E-state index contributed by atoms with van der Waals surface area (Å²) in [6, 6.07) is 0. The quantitative estimate of drug-likeness (QED) is 0.814. The Morgan fingerprint density at radius 2 is 2.53 bits per heavy atom. The SMILES string of the molecule is CCc1cnc(CNC(=O)C2(C)CCNC2)o1. The molecule has 94 valence electrons. The Morgan fingerprint density at radius 3 is 3.12 bits per heavy atom. The van der Waals surface area contributed by atoms with Crippen molar-refractivity contribution >= 4 is 5.91 Å². The summed E-state index contributed by atoms with van der Waals surface area (Å²) in [5, 5.41) is 6.09. The number of hydrogen-bond acceptors (Lipinski definition) is 4. The maximum Gasteiger partial charge on any atom is 0.227 e. The molecule has 0 saturated carbocycles. The molecule has 0 radical (unpaired) electrons. The first-order valence-corrected chi connectivity index (χ1v) is 6.06. The molecule has 17 heavy (non-hydrogen) atoms. The summed E-state index contributed by atoms with van der Waals surface area (Å²) in [6.45, 7) is 6.01. The summed E-state index contributed by atoms with van der Waals surface area (Å²) in [5.74, 6) is 1.49. The highest BCUT2D eigenvalue weighted by molar-refractivity contribution is 5.82. The highest BCUT2D eigenvalue weighted by Crippen LogP contribution is 2.24. The van der Waals surface area contributed by atoms with Gasteiger partial charge in [-0.05, 0) is 19.9 Å². The fraction of sp³-hybridized carbons (Fsp3) is 0.667. The molecule has 1 aliphatic heterocycles. The number of oxazole rings is 1. The second-order valence-electron chi connectivity index (χ2n) is 4.74. The van der Waals surface area contributed by atoms with E-state index in [9.17, 15) is 4.79 Å². The first kappa shape index (κ1) is 12.1. The number of carbonyl (C=O) groups excluding carboxylic acids is 1. The van der Waals surface area contributed by atoms with Crippen molar-refractivity contribution in [3.63, 3.8) is 0 Å². The molecule has 1 fully saturated rings. The number of rotatable bonds is 4. The molecule has 0 aliphatic carbocycles. The smallest absolute Gasteiger partial charge is 0.227 e. The monoisotopic (exact) mass is 237 g/mol. The van der Waals surface area contributed by atoms with Crippen LogP contribution in [-0.2, 0) is 17.8 Å². The lowest BCUT2D eigenvalue weighted by Gasteiger charge is -2.20. The van der Waals surface area contributed by atoms with Crippen LogP contribution in [-0.4, -0.2) is 24.0 Å². The summed E-state index contributed by atoms with van der Waals surface area (Å²) < 4.78 is 5.44. The zero-order valence-electron chi connectivity index (χ0n) is 10.4. The van der Waals surface area contributed by atoms with Crippen LogP contribution in [0.1, 0.15) is 31.9 Å². The summed E-state index contributed by atoms with van der Waals surface area (Å²) in [4.78, 5) is 16.1. The van der Waals surface area contributed by atoms with Crippen LogP contribution in [0.5, 0.6) is 0 Å². The lowest BCUT2D eigenvalue weighted by molar-refractivity contribution is -0.129. The summed E-state index contributed by atoms with van der Waals surface area (Å²) in [6.07, 6.45) is 3.41. The number of hydrogen-bond donors (Lipinski definition) is 2. The van der Waals surface area contributed by atoms with Gasteiger partial charge in [-0.3, -0.25) is 4.79 Å². The van der Waals surface area contributed by atoms with E-state index in [4.69, 9.17) is 4.42 Å². The molecular weight excluding hydrogens is 218 g/mol. The molecule has 2 N–H and O–H groups in total. The van der Waals surface area contributed by atoms with E-state index in [-0.39, 0.29) is 11.3 Å². The standard InChI is InChI=1S/C12H19N3O2/c1-3-9-6-14-10(17-9)7-15-11(16)12(2)4-5-13-8-12/h6,13H,3-5,7-8H2,1-2H3,(H,15,16). The minimum atomic E-state index is -0.291. The number of carbonyl (C=O) groups is 1. The van der Waals surface area contributed by atoms with Crippen LogP contribution < -0.4 is 10.6 Å². The van der Waals surface area contributed by atoms with E-state index < -0.39 is 0 Å². The fourth-order valence-electron chi connectivity index (χ4n) is 1.97. The number of amides is 1. The summed E-state index contributed by atoms with van der Waals surface area (Å²) >= 11 is 0. The predicted molar refractivity (Wildman–Crippen MR) is 63.3 cm³/mol. The summed E-state index contributed by atoms with van der Waals surface area (Å²) in [7, 11) is 0. The molecule has 2 heterocycles. The van der Waals surface area contributed by atoms with E-state index in [1.807, 2.05) is 13.8 Å². The van der Waals surface area contributed by atoms with Crippen LogP contribution in [0.25, 0.3) is 0 Å². The zero-order chi connectivity index (χ0) is 12.3. The van der Waals surface area contributed by atoms with Gasteiger partial charge in [0.25, 0.3) is 0 Å². The average Bonchev–Trinajstić information content (AvgIpc) is 2.95. The Hall–Kier alpha value is -1.36. The maximum atomic E-state index is 12.0. The Balaban J connectivity index is 1.87. The van der Waals surface area contributed by atoms with E-state index >= 15 is 0 Å². The van der Waals surface area contributed by atoms with Crippen molar-refractivity contribution in [2.24, 2.45) is 5.41 Å². The third-order valence-electron chi connectivity index (χ3n) is 3.27. The molecular formula is C12H19N3O2. The molecule has 1 amide bonds. The van der Waals surface area contributed by atoms with Crippen molar-refractivity contribution in [2.45, 2.75) is 33.2 Å². The Morgan fingerprint density at radius 1 is 1.71 bits per heavy atom. The lowest BCUT2D eigenvalue weighted by Crippen LogP contribution is -2.40. The molecule has 0 spiro atoms. The third kappa shape index (κ3) is 2.66. The van der Waals surface area contributed by atoms with Gasteiger partial charge in [0.05, 0.1) is 18.2 Å². The van der Waals surface area contributed by atoms with Crippen molar-refractivity contribution in [1.29, 1.82) is 0 Å². The molecule has 1 aromatic rings. The Labute approximate surface area is 101 Å². The molecule has 1 unspecified atom stereocenters. The second kappa shape index (κ2) is 4.87. The van der Waals surface area contributed by atoms with E-state index in [2.05, 4.69) is 15.6 Å². The van der Waals surface area contributed by atoms with Gasteiger partial charge in [0.1, 0.15) is 5.76 Å². The summed E-state index contributed by atoms with van der Waals surface area (Å²) in [5.41, 5.74) is -0.291. The molecule has 0 aromatic carbocycles. The normalized spacial score (nSPS) is 23.9. The van der Waals surface area contributed by atoms with Crippen LogP contribution in [0.2, 0.25) is 0 Å². The third-order valence-corrected chi connectivity index (χ3v) is 3.27. The van der Waals surface area contributed by atoms with Crippen molar-refractivity contribution in [2.75, 3.05) is 13.1 Å². The molecule has 1 atom stereocenters. The topological polar surface area (TPSA) is 67.2 Å². The van der Waals surface area contributed by atoms with Crippen molar-refractivity contribution in [1.82, 2.24) is 15.6 Å². The molecule has 1 saturated heterocycles. The number of nitrogens with one attached hydrogen (secondary N) is 2. The van der Waals surface area contributed by atoms with E-state index in [0.717, 1.165) is 31.7 Å². The molecule has 5 nitrogen and oxygen atoms in total. The minimum Gasteiger partial charge on any atom is -0.444 e. The van der Waals surface area contributed by atoms with Gasteiger partial charge in [-0.25, -0.2) is 4.98 Å². The van der Waals surface area contributed by atoms with Gasteiger partial charge < -0.3 is 15.1 Å². The highest BCUT2D eigenvalue weighted by atomic mass is 16.4. The van der Waals surface area contributed by atoms with E-state index in [1.54, 1.807) is 6.20 Å². The van der Waals surface area contributed by atoms with E-state index in [1.165, 1.54) is 0 Å². The largest absolute Gasteiger partial charge is 0.444 e. The van der Waals surface area contributed by atoms with Crippen molar-refractivity contribution in [3.8, 4) is 0 Å². The van der Waals surface area contributed by atoms with Crippen LogP contribution in [0.15, 0.2) is 10.6 Å². The fourth-order valence-corrected chi connectivity index (χ4v) is 1.97. The van der Waals surface area contributed by atoms with Crippen LogP contribution in [0, 0.1) is 5.41 Å². The lowest BCUT2D eigenvalue weighted by atomic mass is 9.89. The van der Waals surface area contributed by atoms with Gasteiger partial charge in [0, 0.05) is 13.0 Å². The molecule has 1 aromatic heterocycles. The van der Waals surface area contributed by atoms with E-state index in [0.29, 0.717) is 12.4 Å². The second-order valence-corrected chi connectivity index (χ2v) is 4.74. The highest BCUT2D eigenvalue weighted by Gasteiger charge is 2.36. The molecule has 5 heteroatoms. The molecule has 1 aliphatic rings. The molecule has 0 bridgehead atoms. The van der Waals surface area contributed by atoms with Crippen LogP contribution in [0.4, 0.5) is 0 Å². The van der Waals surface area contributed by atoms with Crippen LogP contribution in [0.3, 0.4) is 0 Å². The van der Waals surface area contributed by atoms with Gasteiger partial charge in [-0.1, -0.05) is 6.92 Å². The van der Waals surface area contributed by atoms with Crippen molar-refractivity contribution in [3.05, 3.63) is 17.8 Å². The average molecular weight is 237 g/mol. The molecule has 2 rings (SSSR count). The van der Waals surface area contributed by atoms with Gasteiger partial charge in [0.2, 0.25) is 11.8 Å². The number of aryl methyl sites for hydroxylation is 1. The minimum absolute atomic E-state index is 0.0683. The predicted octanol–water partition coefficient (Wildman–Crippen LogP) is 0.853. The van der Waals surface area contributed by atoms with Crippen molar-refractivity contribution < 1.29 is 9.21 Å². The maximum absolute atomic E-state index is 12.0. The van der Waals surface area contributed by atoms with Gasteiger partial charge in [-0.2, -0.15) is 0 Å². The van der Waals surface area contributed by atoms with Gasteiger partial charge >= 0.3 is 0 Å². The number of nitrogens with zero attached hydrogens (tertiary/aromatic N) is 1. The zero-order valence-corrected chi connectivity index (χ0v) is 10.4. The van der Waals surface area contributed by atoms with Gasteiger partial charge in [0.15, 0.2) is 0 Å². The van der Waals surface area contributed by atoms with Gasteiger partial charge in [-0.15, -0.1) is 0 Å². The first-order chi connectivity index (χ1) is 8.14.